The molecule has 0 spiro atoms. The maximum Gasteiger partial charge on any atom is 0.315 e. The van der Waals surface area contributed by atoms with Gasteiger partial charge in [-0.25, -0.2) is 4.79 Å². The lowest BCUT2D eigenvalue weighted by atomic mass is 10.0. The van der Waals surface area contributed by atoms with Gasteiger partial charge in [0, 0.05) is 12.6 Å². The predicted molar refractivity (Wildman–Crippen MR) is 79.4 cm³/mol. The summed E-state index contributed by atoms with van der Waals surface area (Å²) in [7, 11) is 0. The van der Waals surface area contributed by atoms with Crippen molar-refractivity contribution >= 4 is 12.0 Å². The van der Waals surface area contributed by atoms with Crippen molar-refractivity contribution in [1.29, 1.82) is 0 Å². The first-order chi connectivity index (χ1) is 10.0. The highest BCUT2D eigenvalue weighted by molar-refractivity contribution is 5.76. The van der Waals surface area contributed by atoms with Gasteiger partial charge in [0.05, 0.1) is 12.5 Å². The van der Waals surface area contributed by atoms with Gasteiger partial charge in [-0.1, -0.05) is 18.2 Å². The fraction of sp³-hybridized carbons (Fsp3) is 0.467. The highest BCUT2D eigenvalue weighted by Crippen LogP contribution is 2.08. The van der Waals surface area contributed by atoms with Crippen LogP contribution in [0.2, 0.25) is 0 Å². The van der Waals surface area contributed by atoms with Crippen LogP contribution in [0.4, 0.5) is 4.79 Å². The number of urea groups is 1. The standard InChI is InChI=1S/C15H22N2O4/c1-11(14(18)19)12(2)17-15(20)16-9-6-10-21-13-7-4-3-5-8-13/h3-5,7-8,11-12H,6,9-10H2,1-2H3,(H,18,19)(H2,16,17,20). The minimum atomic E-state index is -0.931. The van der Waals surface area contributed by atoms with Crippen LogP contribution < -0.4 is 15.4 Å². The first-order valence-electron chi connectivity index (χ1n) is 6.95. The first-order valence-corrected chi connectivity index (χ1v) is 6.95. The van der Waals surface area contributed by atoms with Crippen LogP contribution in [0, 0.1) is 5.92 Å². The molecule has 6 heteroatoms. The van der Waals surface area contributed by atoms with Gasteiger partial charge in [-0.15, -0.1) is 0 Å². The number of rotatable bonds is 8. The van der Waals surface area contributed by atoms with E-state index in [1.54, 1.807) is 13.8 Å². The van der Waals surface area contributed by atoms with Gasteiger partial charge in [0.1, 0.15) is 5.75 Å². The Morgan fingerprint density at radius 3 is 2.52 bits per heavy atom. The zero-order valence-corrected chi connectivity index (χ0v) is 12.3. The lowest BCUT2D eigenvalue weighted by Gasteiger charge is -2.18. The highest BCUT2D eigenvalue weighted by atomic mass is 16.5. The van der Waals surface area contributed by atoms with E-state index >= 15 is 0 Å². The van der Waals surface area contributed by atoms with E-state index in [-0.39, 0.29) is 6.03 Å². The van der Waals surface area contributed by atoms with Gasteiger partial charge in [0.15, 0.2) is 0 Å². The smallest absolute Gasteiger partial charge is 0.315 e. The number of carboxylic acid groups (broad SMARTS) is 1. The Hall–Kier alpha value is -2.24. The van der Waals surface area contributed by atoms with Gasteiger partial charge in [0.2, 0.25) is 0 Å². The quantitative estimate of drug-likeness (QED) is 0.639. The van der Waals surface area contributed by atoms with E-state index in [1.165, 1.54) is 0 Å². The van der Waals surface area contributed by atoms with Gasteiger partial charge in [-0.05, 0) is 32.4 Å². The predicted octanol–water partition coefficient (Wildman–Crippen LogP) is 1.86. The first kappa shape index (κ1) is 16.8. The Morgan fingerprint density at radius 2 is 1.90 bits per heavy atom. The van der Waals surface area contributed by atoms with Crippen molar-refractivity contribution < 1.29 is 19.4 Å². The molecule has 0 heterocycles. The molecule has 2 amide bonds. The largest absolute Gasteiger partial charge is 0.494 e. The maximum absolute atomic E-state index is 11.6. The van der Waals surface area contributed by atoms with Crippen molar-refractivity contribution in [3.63, 3.8) is 0 Å². The summed E-state index contributed by atoms with van der Waals surface area (Å²) in [5.74, 6) is -0.762. The molecule has 21 heavy (non-hydrogen) atoms. The summed E-state index contributed by atoms with van der Waals surface area (Å²) in [5, 5.41) is 14.1. The van der Waals surface area contributed by atoms with Crippen molar-refractivity contribution in [2.45, 2.75) is 26.3 Å². The van der Waals surface area contributed by atoms with Crippen molar-refractivity contribution in [1.82, 2.24) is 10.6 Å². The molecule has 3 N–H and O–H groups in total. The van der Waals surface area contributed by atoms with Gasteiger partial charge in [-0.2, -0.15) is 0 Å². The zero-order valence-electron chi connectivity index (χ0n) is 12.3. The number of aliphatic carboxylic acids is 1. The van der Waals surface area contributed by atoms with E-state index < -0.39 is 17.9 Å². The Balaban J connectivity index is 2.12. The van der Waals surface area contributed by atoms with E-state index in [0.29, 0.717) is 19.6 Å². The molecule has 2 unspecified atom stereocenters. The molecule has 0 fully saturated rings. The number of amides is 2. The molecule has 2 atom stereocenters. The van der Waals surface area contributed by atoms with Crippen molar-refractivity contribution in [2.75, 3.05) is 13.2 Å². The zero-order chi connectivity index (χ0) is 15.7. The highest BCUT2D eigenvalue weighted by Gasteiger charge is 2.20. The normalized spacial score (nSPS) is 13.0. The van der Waals surface area contributed by atoms with E-state index in [4.69, 9.17) is 9.84 Å². The molecule has 0 aliphatic carbocycles. The molecule has 116 valence electrons. The Morgan fingerprint density at radius 1 is 1.24 bits per heavy atom. The minimum Gasteiger partial charge on any atom is -0.494 e. The third kappa shape index (κ3) is 6.65. The molecule has 1 rings (SSSR count). The van der Waals surface area contributed by atoms with Crippen LogP contribution >= 0.6 is 0 Å². The summed E-state index contributed by atoms with van der Waals surface area (Å²) in [4.78, 5) is 22.3. The molecule has 0 saturated heterocycles. The average Bonchev–Trinajstić information content (AvgIpc) is 2.47. The fourth-order valence-corrected chi connectivity index (χ4v) is 1.58. The third-order valence-corrected chi connectivity index (χ3v) is 3.12. The Bertz CT molecular complexity index is 450. The summed E-state index contributed by atoms with van der Waals surface area (Å²) in [6.45, 7) is 4.19. The van der Waals surface area contributed by atoms with Crippen LogP contribution in [-0.4, -0.2) is 36.3 Å². The molecule has 0 saturated carbocycles. The number of para-hydroxylation sites is 1. The molecule has 0 radical (unpaired) electrons. The lowest BCUT2D eigenvalue weighted by Crippen LogP contribution is -2.45. The third-order valence-electron chi connectivity index (χ3n) is 3.12. The summed E-state index contributed by atoms with van der Waals surface area (Å²) in [5.41, 5.74) is 0. The SMILES string of the molecule is CC(NC(=O)NCCCOc1ccccc1)C(C)C(=O)O. The van der Waals surface area contributed by atoms with Crippen LogP contribution in [0.1, 0.15) is 20.3 Å². The molecule has 1 aromatic carbocycles. The summed E-state index contributed by atoms with van der Waals surface area (Å²) in [6, 6.07) is 8.65. The number of hydrogen-bond donors (Lipinski definition) is 3. The molecule has 0 aliphatic heterocycles. The molecule has 0 aromatic heterocycles. The molecule has 1 aromatic rings. The average molecular weight is 294 g/mol. The monoisotopic (exact) mass is 294 g/mol. The number of carbonyl (C=O) groups is 2. The van der Waals surface area contributed by atoms with E-state index in [9.17, 15) is 9.59 Å². The van der Waals surface area contributed by atoms with E-state index in [0.717, 1.165) is 5.75 Å². The van der Waals surface area contributed by atoms with Crippen LogP contribution in [0.25, 0.3) is 0 Å². The molecule has 0 bridgehead atoms. The van der Waals surface area contributed by atoms with Gasteiger partial charge in [0.25, 0.3) is 0 Å². The maximum atomic E-state index is 11.6. The Kier molecular flexibility index (Phi) is 7.08. The van der Waals surface area contributed by atoms with Gasteiger partial charge >= 0.3 is 12.0 Å². The molecular formula is C15H22N2O4. The minimum absolute atomic E-state index is 0.365. The van der Waals surface area contributed by atoms with Crippen LogP contribution in [-0.2, 0) is 4.79 Å². The van der Waals surface area contributed by atoms with Crippen LogP contribution in [0.3, 0.4) is 0 Å². The summed E-state index contributed by atoms with van der Waals surface area (Å²) >= 11 is 0. The lowest BCUT2D eigenvalue weighted by molar-refractivity contribution is -0.141. The summed E-state index contributed by atoms with van der Waals surface area (Å²) < 4.78 is 5.49. The second-order valence-electron chi connectivity index (χ2n) is 4.83. The van der Waals surface area contributed by atoms with Crippen molar-refractivity contribution in [2.24, 2.45) is 5.92 Å². The van der Waals surface area contributed by atoms with Crippen molar-refractivity contribution in [3.8, 4) is 5.75 Å². The number of benzene rings is 1. The molecular weight excluding hydrogens is 272 g/mol. The van der Waals surface area contributed by atoms with Crippen molar-refractivity contribution in [3.05, 3.63) is 30.3 Å². The topological polar surface area (TPSA) is 87.7 Å². The van der Waals surface area contributed by atoms with Gasteiger partial charge < -0.3 is 20.5 Å². The molecule has 6 nitrogen and oxygen atoms in total. The van der Waals surface area contributed by atoms with E-state index in [1.807, 2.05) is 30.3 Å². The molecule has 0 aliphatic rings. The number of carbonyl (C=O) groups excluding carboxylic acids is 1. The Labute approximate surface area is 124 Å². The number of carboxylic acids is 1. The number of nitrogens with one attached hydrogen (secondary N) is 2. The second-order valence-corrected chi connectivity index (χ2v) is 4.83. The van der Waals surface area contributed by atoms with Crippen LogP contribution in [0.5, 0.6) is 5.75 Å². The number of ether oxygens (including phenoxy) is 1. The fourth-order valence-electron chi connectivity index (χ4n) is 1.58. The van der Waals surface area contributed by atoms with Crippen LogP contribution in [0.15, 0.2) is 30.3 Å². The summed E-state index contributed by atoms with van der Waals surface area (Å²) in [6.07, 6.45) is 0.672. The second kappa shape index (κ2) is 8.84. The van der Waals surface area contributed by atoms with Gasteiger partial charge in [-0.3, -0.25) is 4.79 Å². The number of hydrogen-bond acceptors (Lipinski definition) is 3. The van der Waals surface area contributed by atoms with E-state index in [2.05, 4.69) is 10.6 Å².